The van der Waals surface area contributed by atoms with Crippen LogP contribution >= 0.6 is 0 Å². The molecule has 0 aromatic heterocycles. The maximum absolute atomic E-state index is 12.7. The average Bonchev–Trinajstić information content (AvgIpc) is 3.05. The lowest BCUT2D eigenvalue weighted by Crippen LogP contribution is -2.34. The first-order valence-corrected chi connectivity index (χ1v) is 12.9. The zero-order chi connectivity index (χ0) is 30.6. The van der Waals surface area contributed by atoms with Gasteiger partial charge >= 0.3 is 11.9 Å². The Hall–Kier alpha value is -5.97. The van der Waals surface area contributed by atoms with Crippen LogP contribution in [0, 0.1) is 0 Å². The van der Waals surface area contributed by atoms with Crippen LogP contribution in [-0.2, 0) is 4.79 Å². The number of nitrogens with zero attached hydrogens (tertiary/aromatic N) is 1. The summed E-state index contributed by atoms with van der Waals surface area (Å²) in [6.45, 7) is -0.366. The number of hydrogen-bond acceptors (Lipinski definition) is 9. The highest BCUT2D eigenvalue weighted by atomic mass is 16.5. The number of methoxy groups -OCH3 is 2. The van der Waals surface area contributed by atoms with Gasteiger partial charge in [0.05, 0.1) is 38.1 Å². The maximum atomic E-state index is 12.7. The Morgan fingerprint density at radius 3 is 1.93 bits per heavy atom. The highest BCUT2D eigenvalue weighted by molar-refractivity contribution is 5.97. The normalized spacial score (nSPS) is 10.5. The van der Waals surface area contributed by atoms with Gasteiger partial charge in [0, 0.05) is 17.2 Å². The Kier molecular flexibility index (Phi) is 10.2. The molecule has 2 amide bonds. The lowest BCUT2D eigenvalue weighted by Gasteiger charge is -2.11. The molecule has 2 N–H and O–H groups in total. The number of nitrogens with one attached hydrogen (secondary N) is 2. The molecule has 0 bridgehead atoms. The second-order valence-electron chi connectivity index (χ2n) is 8.76. The lowest BCUT2D eigenvalue weighted by molar-refractivity contribution is -0.120. The summed E-state index contributed by atoms with van der Waals surface area (Å²) in [5.41, 5.74) is 3.52. The van der Waals surface area contributed by atoms with E-state index in [-0.39, 0.29) is 23.6 Å². The van der Waals surface area contributed by atoms with Gasteiger partial charge in [0.2, 0.25) is 0 Å². The van der Waals surface area contributed by atoms with Crippen LogP contribution in [0.4, 0.5) is 0 Å². The van der Waals surface area contributed by atoms with E-state index in [2.05, 4.69) is 15.8 Å². The van der Waals surface area contributed by atoms with E-state index in [1.165, 1.54) is 50.8 Å². The smallest absolute Gasteiger partial charge is 0.343 e. The Labute approximate surface area is 247 Å². The third-order valence-electron chi connectivity index (χ3n) is 5.87. The second-order valence-corrected chi connectivity index (χ2v) is 8.76. The predicted molar refractivity (Wildman–Crippen MR) is 157 cm³/mol. The molecule has 4 aromatic carbocycles. The van der Waals surface area contributed by atoms with E-state index in [1.54, 1.807) is 66.7 Å². The highest BCUT2D eigenvalue weighted by Crippen LogP contribution is 2.28. The zero-order valence-electron chi connectivity index (χ0n) is 23.2. The summed E-state index contributed by atoms with van der Waals surface area (Å²) in [5.74, 6) is -1.36. The molecule has 0 saturated heterocycles. The maximum Gasteiger partial charge on any atom is 0.343 e. The van der Waals surface area contributed by atoms with Crippen molar-refractivity contribution in [1.82, 2.24) is 10.7 Å². The SMILES string of the molecule is COc1ccc(C(=O)NCC(=O)N/N=C/c2ccc(OC(=O)c3ccccc3)cc2OC(=O)c2ccccc2)cc1OC. The first kappa shape index (κ1) is 30.0. The molecule has 0 heterocycles. The molecule has 0 aliphatic rings. The molecule has 11 nitrogen and oxygen atoms in total. The monoisotopic (exact) mass is 581 g/mol. The average molecular weight is 582 g/mol. The lowest BCUT2D eigenvalue weighted by atomic mass is 10.2. The van der Waals surface area contributed by atoms with Gasteiger partial charge in [-0.1, -0.05) is 36.4 Å². The van der Waals surface area contributed by atoms with E-state index >= 15 is 0 Å². The molecule has 0 atom stereocenters. The Morgan fingerprint density at radius 2 is 1.30 bits per heavy atom. The number of hydrazone groups is 1. The standard InChI is InChI=1S/C32H27N3O8/c1-40-26-16-14-23(17-28(26)41-2)30(37)33-20-29(36)35-34-19-24-13-15-25(42-31(38)21-9-5-3-6-10-21)18-27(24)43-32(39)22-11-7-4-8-12-22/h3-19H,20H2,1-2H3,(H,33,37)(H,35,36)/b34-19+. The fraction of sp³-hybridized carbons (Fsp3) is 0.0938. The van der Waals surface area contributed by atoms with Crippen LogP contribution < -0.4 is 29.7 Å². The van der Waals surface area contributed by atoms with E-state index in [0.717, 1.165) is 0 Å². The molecular formula is C32H27N3O8. The Morgan fingerprint density at radius 1 is 0.674 bits per heavy atom. The van der Waals surface area contributed by atoms with Gasteiger partial charge in [0.25, 0.3) is 11.8 Å². The van der Waals surface area contributed by atoms with Gasteiger partial charge in [-0.15, -0.1) is 0 Å². The van der Waals surface area contributed by atoms with Crippen molar-refractivity contribution in [2.75, 3.05) is 20.8 Å². The van der Waals surface area contributed by atoms with Crippen LogP contribution in [0.25, 0.3) is 0 Å². The van der Waals surface area contributed by atoms with Crippen molar-refractivity contribution in [2.45, 2.75) is 0 Å². The molecule has 4 aromatic rings. The van der Waals surface area contributed by atoms with E-state index in [0.29, 0.717) is 28.2 Å². The third-order valence-corrected chi connectivity index (χ3v) is 5.87. The molecule has 0 radical (unpaired) electrons. The van der Waals surface area contributed by atoms with Crippen LogP contribution in [-0.4, -0.2) is 50.7 Å². The molecular weight excluding hydrogens is 554 g/mol. The van der Waals surface area contributed by atoms with Gasteiger partial charge in [0.15, 0.2) is 11.5 Å². The predicted octanol–water partition coefficient (Wildman–Crippen LogP) is 4.02. The number of esters is 2. The van der Waals surface area contributed by atoms with Crippen LogP contribution in [0.15, 0.2) is 102 Å². The van der Waals surface area contributed by atoms with Gasteiger partial charge < -0.3 is 24.3 Å². The molecule has 0 saturated carbocycles. The van der Waals surface area contributed by atoms with Crippen molar-refractivity contribution < 1.29 is 38.1 Å². The fourth-order valence-corrected chi connectivity index (χ4v) is 3.70. The topological polar surface area (TPSA) is 142 Å². The number of carbonyl (C=O) groups is 4. The van der Waals surface area contributed by atoms with Crippen molar-refractivity contribution in [3.63, 3.8) is 0 Å². The van der Waals surface area contributed by atoms with Crippen molar-refractivity contribution in [1.29, 1.82) is 0 Å². The van der Waals surface area contributed by atoms with Gasteiger partial charge in [0.1, 0.15) is 11.5 Å². The van der Waals surface area contributed by atoms with E-state index in [9.17, 15) is 19.2 Å². The summed E-state index contributed by atoms with van der Waals surface area (Å²) >= 11 is 0. The number of carbonyl (C=O) groups excluding carboxylic acids is 4. The minimum Gasteiger partial charge on any atom is -0.493 e. The minimum absolute atomic E-state index is 0.0342. The second kappa shape index (κ2) is 14.6. The van der Waals surface area contributed by atoms with Crippen LogP contribution in [0.1, 0.15) is 36.6 Å². The minimum atomic E-state index is -0.649. The summed E-state index contributed by atoms with van der Waals surface area (Å²) < 4.78 is 21.4. The fourth-order valence-electron chi connectivity index (χ4n) is 3.70. The number of rotatable bonds is 11. The van der Waals surface area contributed by atoms with E-state index < -0.39 is 23.8 Å². The summed E-state index contributed by atoms with van der Waals surface area (Å²) in [7, 11) is 2.93. The molecule has 0 fully saturated rings. The number of hydrogen-bond donors (Lipinski definition) is 2. The summed E-state index contributed by atoms with van der Waals surface area (Å²) in [5, 5.41) is 6.40. The molecule has 43 heavy (non-hydrogen) atoms. The van der Waals surface area contributed by atoms with Crippen LogP contribution in [0.5, 0.6) is 23.0 Å². The van der Waals surface area contributed by atoms with E-state index in [4.69, 9.17) is 18.9 Å². The third kappa shape index (κ3) is 8.27. The summed E-state index contributed by atoms with van der Waals surface area (Å²) in [4.78, 5) is 50.1. The van der Waals surface area contributed by atoms with Crippen LogP contribution in [0.2, 0.25) is 0 Å². The first-order chi connectivity index (χ1) is 20.9. The van der Waals surface area contributed by atoms with Gasteiger partial charge in [-0.3, -0.25) is 9.59 Å². The molecule has 0 aliphatic carbocycles. The quantitative estimate of drug-likeness (QED) is 0.117. The Bertz CT molecular complexity index is 1640. The molecule has 0 aliphatic heterocycles. The van der Waals surface area contributed by atoms with Crippen LogP contribution in [0.3, 0.4) is 0 Å². The van der Waals surface area contributed by atoms with Gasteiger partial charge in [-0.05, 0) is 54.6 Å². The van der Waals surface area contributed by atoms with Gasteiger partial charge in [-0.2, -0.15) is 5.10 Å². The Balaban J connectivity index is 1.43. The van der Waals surface area contributed by atoms with Crippen molar-refractivity contribution >= 4 is 30.0 Å². The van der Waals surface area contributed by atoms with E-state index in [1.807, 2.05) is 0 Å². The zero-order valence-corrected chi connectivity index (χ0v) is 23.2. The molecule has 0 unspecified atom stereocenters. The summed E-state index contributed by atoms with van der Waals surface area (Å²) in [6, 6.07) is 25.7. The number of amides is 2. The molecule has 4 rings (SSSR count). The van der Waals surface area contributed by atoms with Crippen molar-refractivity contribution in [3.8, 4) is 23.0 Å². The molecule has 0 spiro atoms. The number of benzene rings is 4. The van der Waals surface area contributed by atoms with Crippen molar-refractivity contribution in [2.24, 2.45) is 5.10 Å². The largest absolute Gasteiger partial charge is 0.493 e. The highest BCUT2D eigenvalue weighted by Gasteiger charge is 2.15. The summed E-state index contributed by atoms with van der Waals surface area (Å²) in [6.07, 6.45) is 1.25. The molecule has 11 heteroatoms. The van der Waals surface area contributed by atoms with Gasteiger partial charge in [-0.25, -0.2) is 15.0 Å². The van der Waals surface area contributed by atoms with Crippen molar-refractivity contribution in [3.05, 3.63) is 119 Å². The number of ether oxygens (including phenoxy) is 4. The first-order valence-electron chi connectivity index (χ1n) is 12.9. The molecule has 218 valence electrons.